The predicted octanol–water partition coefficient (Wildman–Crippen LogP) is 9.11. The normalized spacial score (nSPS) is 13.1. The highest BCUT2D eigenvalue weighted by Gasteiger charge is 2.19. The van der Waals surface area contributed by atoms with Crippen molar-refractivity contribution in [1.82, 2.24) is 0 Å². The molecule has 1 aliphatic heterocycles. The molecule has 37 heavy (non-hydrogen) atoms. The lowest BCUT2D eigenvalue weighted by atomic mass is 9.96. The molecule has 0 unspecified atom stereocenters. The molecule has 7 aromatic rings. The third kappa shape index (κ3) is 3.04. The number of benzene rings is 6. The Kier molecular flexibility index (Phi) is 4.29. The van der Waals surface area contributed by atoms with Gasteiger partial charge >= 0.3 is 0 Å². The van der Waals surface area contributed by atoms with E-state index < -0.39 is 0 Å². The summed E-state index contributed by atoms with van der Waals surface area (Å²) in [6, 6.07) is 40.4. The Morgan fingerprint density at radius 2 is 1.16 bits per heavy atom. The molecule has 0 saturated heterocycles. The fourth-order valence-corrected chi connectivity index (χ4v) is 5.75. The number of anilines is 1. The molecule has 0 radical (unpaired) electrons. The van der Waals surface area contributed by atoms with Gasteiger partial charge in [0.15, 0.2) is 0 Å². The van der Waals surface area contributed by atoms with Crippen LogP contribution >= 0.6 is 0 Å². The van der Waals surface area contributed by atoms with E-state index in [1.165, 1.54) is 21.5 Å². The maximum Gasteiger partial charge on any atom is 0.143 e. The Balaban J connectivity index is 1.24. The summed E-state index contributed by atoms with van der Waals surface area (Å²) in [6.45, 7) is 0.688. The number of aliphatic imine (C=N–C) groups is 1. The molecule has 1 aromatic heterocycles. The highest BCUT2D eigenvalue weighted by atomic mass is 16.3. The van der Waals surface area contributed by atoms with Crippen LogP contribution in [-0.2, 0) is 0 Å². The van der Waals surface area contributed by atoms with Gasteiger partial charge in [0.1, 0.15) is 11.2 Å². The number of hydrogen-bond acceptors (Lipinski definition) is 3. The van der Waals surface area contributed by atoms with E-state index in [0.29, 0.717) is 6.54 Å². The summed E-state index contributed by atoms with van der Waals surface area (Å²) in [5.41, 5.74) is 8.39. The molecule has 0 fully saturated rings. The van der Waals surface area contributed by atoms with E-state index >= 15 is 0 Å². The molecular formula is C34H22N2O. The van der Waals surface area contributed by atoms with Gasteiger partial charge in [0.05, 0.1) is 23.6 Å². The first-order valence-corrected chi connectivity index (χ1v) is 12.6. The standard InChI is InChI=1S/C34H22N2O/c1-3-11-27-24(8-1)25-9-2-4-12-28(25)33-32(27)35-20-30(36-33)22-18-16-21(17-19-22)23-13-7-14-29-26-10-5-6-15-31(26)37-34(23)29/h1-19,35H,20H2. The number of para-hydroxylation sites is 2. The van der Waals surface area contributed by atoms with Gasteiger partial charge in [0, 0.05) is 27.1 Å². The van der Waals surface area contributed by atoms with Gasteiger partial charge in [0.2, 0.25) is 0 Å². The van der Waals surface area contributed by atoms with Crippen molar-refractivity contribution in [2.45, 2.75) is 0 Å². The Morgan fingerprint density at radius 1 is 0.541 bits per heavy atom. The number of nitrogens with zero attached hydrogens (tertiary/aromatic N) is 1. The van der Waals surface area contributed by atoms with Crippen molar-refractivity contribution < 1.29 is 4.42 Å². The summed E-state index contributed by atoms with van der Waals surface area (Å²) in [7, 11) is 0. The number of hydrogen-bond donors (Lipinski definition) is 1. The molecule has 3 heteroatoms. The first-order chi connectivity index (χ1) is 18.3. The van der Waals surface area contributed by atoms with Crippen LogP contribution in [0.2, 0.25) is 0 Å². The zero-order valence-corrected chi connectivity index (χ0v) is 20.0. The van der Waals surface area contributed by atoms with E-state index in [2.05, 4.69) is 108 Å². The van der Waals surface area contributed by atoms with Gasteiger partial charge in [0.25, 0.3) is 0 Å². The molecular weight excluding hydrogens is 452 g/mol. The zero-order chi connectivity index (χ0) is 24.3. The van der Waals surface area contributed by atoms with Crippen molar-refractivity contribution >= 4 is 60.6 Å². The van der Waals surface area contributed by atoms with Crippen molar-refractivity contribution in [2.75, 3.05) is 11.9 Å². The molecule has 0 amide bonds. The summed E-state index contributed by atoms with van der Waals surface area (Å²) in [5.74, 6) is 0. The van der Waals surface area contributed by atoms with Crippen molar-refractivity contribution in [3.8, 4) is 11.1 Å². The average molecular weight is 475 g/mol. The Bertz CT molecular complexity index is 2030. The van der Waals surface area contributed by atoms with Crippen LogP contribution in [0, 0.1) is 0 Å². The van der Waals surface area contributed by atoms with E-state index in [1.807, 2.05) is 12.1 Å². The van der Waals surface area contributed by atoms with Crippen LogP contribution in [0.3, 0.4) is 0 Å². The minimum absolute atomic E-state index is 0.688. The lowest BCUT2D eigenvalue weighted by molar-refractivity contribution is 0.670. The van der Waals surface area contributed by atoms with Crippen molar-refractivity contribution in [3.05, 3.63) is 121 Å². The predicted molar refractivity (Wildman–Crippen MR) is 155 cm³/mol. The van der Waals surface area contributed by atoms with Crippen LogP contribution in [0.5, 0.6) is 0 Å². The third-order valence-electron chi connectivity index (χ3n) is 7.52. The maximum absolute atomic E-state index is 6.27. The number of furan rings is 1. The molecule has 0 spiro atoms. The van der Waals surface area contributed by atoms with Gasteiger partial charge in [-0.1, -0.05) is 109 Å². The number of fused-ring (bicyclic) bond motifs is 9. The smallest absolute Gasteiger partial charge is 0.143 e. The summed E-state index contributed by atoms with van der Waals surface area (Å²) in [6.07, 6.45) is 0. The molecule has 6 aromatic carbocycles. The van der Waals surface area contributed by atoms with Gasteiger partial charge in [-0.05, 0) is 28.0 Å². The average Bonchev–Trinajstić information content (AvgIpc) is 3.36. The lowest BCUT2D eigenvalue weighted by Gasteiger charge is -2.22. The topological polar surface area (TPSA) is 37.5 Å². The summed E-state index contributed by atoms with van der Waals surface area (Å²) >= 11 is 0. The maximum atomic E-state index is 6.27. The Labute approximate surface area is 213 Å². The largest absolute Gasteiger partial charge is 0.455 e. The minimum Gasteiger partial charge on any atom is -0.455 e. The van der Waals surface area contributed by atoms with E-state index in [-0.39, 0.29) is 0 Å². The summed E-state index contributed by atoms with van der Waals surface area (Å²) in [5, 5.41) is 10.9. The lowest BCUT2D eigenvalue weighted by Crippen LogP contribution is -2.19. The van der Waals surface area contributed by atoms with Gasteiger partial charge in [-0.3, -0.25) is 0 Å². The van der Waals surface area contributed by atoms with Crippen LogP contribution in [0.15, 0.2) is 125 Å². The van der Waals surface area contributed by atoms with Crippen molar-refractivity contribution in [1.29, 1.82) is 0 Å². The monoisotopic (exact) mass is 474 g/mol. The quantitative estimate of drug-likeness (QED) is 0.254. The fourth-order valence-electron chi connectivity index (χ4n) is 5.75. The van der Waals surface area contributed by atoms with E-state index in [4.69, 9.17) is 9.41 Å². The Hall–Kier alpha value is -4.89. The van der Waals surface area contributed by atoms with E-state index in [0.717, 1.165) is 55.7 Å². The summed E-state index contributed by atoms with van der Waals surface area (Å²) in [4.78, 5) is 5.21. The highest BCUT2D eigenvalue weighted by molar-refractivity contribution is 6.22. The molecule has 1 N–H and O–H groups in total. The second-order valence-corrected chi connectivity index (χ2v) is 9.58. The van der Waals surface area contributed by atoms with Crippen molar-refractivity contribution in [2.24, 2.45) is 4.99 Å². The molecule has 2 heterocycles. The summed E-state index contributed by atoms with van der Waals surface area (Å²) < 4.78 is 6.27. The van der Waals surface area contributed by atoms with Crippen LogP contribution in [0.4, 0.5) is 11.4 Å². The molecule has 174 valence electrons. The molecule has 0 atom stereocenters. The van der Waals surface area contributed by atoms with Crippen LogP contribution in [0.25, 0.3) is 54.6 Å². The van der Waals surface area contributed by atoms with E-state index in [9.17, 15) is 0 Å². The SMILES string of the molecule is c1ccc2c(c1)oc1c(-c3ccc(C4=Nc5c(c6ccccc6c6ccccc56)NC4)cc3)cccc12. The second kappa shape index (κ2) is 7.81. The molecule has 1 aliphatic rings. The third-order valence-corrected chi connectivity index (χ3v) is 7.52. The fraction of sp³-hybridized carbons (Fsp3) is 0.0294. The molecule has 8 rings (SSSR count). The highest BCUT2D eigenvalue weighted by Crippen LogP contribution is 2.44. The first-order valence-electron chi connectivity index (χ1n) is 12.6. The van der Waals surface area contributed by atoms with Crippen molar-refractivity contribution in [3.63, 3.8) is 0 Å². The van der Waals surface area contributed by atoms with Gasteiger partial charge in [-0.2, -0.15) is 0 Å². The van der Waals surface area contributed by atoms with E-state index in [1.54, 1.807) is 0 Å². The zero-order valence-electron chi connectivity index (χ0n) is 20.0. The minimum atomic E-state index is 0.688. The molecule has 0 aliphatic carbocycles. The number of rotatable bonds is 2. The molecule has 0 saturated carbocycles. The number of nitrogens with one attached hydrogen (secondary N) is 1. The van der Waals surface area contributed by atoms with Crippen LogP contribution < -0.4 is 5.32 Å². The van der Waals surface area contributed by atoms with Gasteiger partial charge in [-0.25, -0.2) is 4.99 Å². The second-order valence-electron chi connectivity index (χ2n) is 9.58. The Morgan fingerprint density at radius 3 is 1.97 bits per heavy atom. The van der Waals surface area contributed by atoms with Crippen LogP contribution in [-0.4, -0.2) is 12.3 Å². The molecule has 3 nitrogen and oxygen atoms in total. The van der Waals surface area contributed by atoms with Gasteiger partial charge < -0.3 is 9.73 Å². The van der Waals surface area contributed by atoms with Gasteiger partial charge in [-0.15, -0.1) is 0 Å². The molecule has 0 bridgehead atoms. The van der Waals surface area contributed by atoms with Crippen LogP contribution in [0.1, 0.15) is 5.56 Å². The first kappa shape index (κ1) is 20.3.